The molecule has 1 aromatic heterocycles. The SMILES string of the molecule is CCOc1ccc(-c2ccnc(=S)[nH]2)cc1F. The summed E-state index contributed by atoms with van der Waals surface area (Å²) >= 11 is 4.91. The van der Waals surface area contributed by atoms with Gasteiger partial charge in [-0.1, -0.05) is 0 Å². The van der Waals surface area contributed by atoms with Crippen molar-refractivity contribution >= 4 is 12.2 Å². The molecule has 0 aliphatic carbocycles. The number of hydrogen-bond acceptors (Lipinski definition) is 3. The van der Waals surface area contributed by atoms with E-state index in [0.29, 0.717) is 16.9 Å². The Labute approximate surface area is 103 Å². The van der Waals surface area contributed by atoms with Crippen molar-refractivity contribution in [3.8, 4) is 17.0 Å². The highest BCUT2D eigenvalue weighted by atomic mass is 32.1. The van der Waals surface area contributed by atoms with Gasteiger partial charge in [-0.25, -0.2) is 9.37 Å². The molecule has 3 nitrogen and oxygen atoms in total. The lowest BCUT2D eigenvalue weighted by atomic mass is 10.1. The molecule has 1 heterocycles. The molecule has 0 fully saturated rings. The molecule has 17 heavy (non-hydrogen) atoms. The molecule has 0 radical (unpaired) electrons. The Morgan fingerprint density at radius 3 is 2.88 bits per heavy atom. The summed E-state index contributed by atoms with van der Waals surface area (Å²) in [6, 6.07) is 6.52. The fraction of sp³-hybridized carbons (Fsp3) is 0.167. The zero-order chi connectivity index (χ0) is 12.3. The number of H-pyrrole nitrogens is 1. The van der Waals surface area contributed by atoms with E-state index < -0.39 is 0 Å². The van der Waals surface area contributed by atoms with Gasteiger partial charge in [-0.15, -0.1) is 0 Å². The molecular weight excluding hydrogens is 239 g/mol. The Kier molecular flexibility index (Phi) is 3.49. The van der Waals surface area contributed by atoms with Crippen LogP contribution in [0, 0.1) is 10.6 Å². The fourth-order valence-electron chi connectivity index (χ4n) is 1.48. The third-order valence-corrected chi connectivity index (χ3v) is 2.42. The minimum absolute atomic E-state index is 0.254. The molecule has 0 spiro atoms. The molecule has 0 aliphatic heterocycles. The second kappa shape index (κ2) is 5.05. The van der Waals surface area contributed by atoms with Gasteiger partial charge >= 0.3 is 0 Å². The van der Waals surface area contributed by atoms with E-state index in [0.717, 1.165) is 5.69 Å². The number of nitrogens with one attached hydrogen (secondary N) is 1. The Balaban J connectivity index is 2.41. The van der Waals surface area contributed by atoms with E-state index >= 15 is 0 Å². The maximum Gasteiger partial charge on any atom is 0.197 e. The van der Waals surface area contributed by atoms with Gasteiger partial charge in [0.15, 0.2) is 16.3 Å². The average Bonchev–Trinajstić information content (AvgIpc) is 2.32. The summed E-state index contributed by atoms with van der Waals surface area (Å²) in [6.45, 7) is 2.25. The third kappa shape index (κ3) is 2.68. The van der Waals surface area contributed by atoms with E-state index in [-0.39, 0.29) is 11.6 Å². The van der Waals surface area contributed by atoms with Crippen LogP contribution in [-0.2, 0) is 0 Å². The van der Waals surface area contributed by atoms with Crippen molar-refractivity contribution in [3.63, 3.8) is 0 Å². The van der Waals surface area contributed by atoms with Crippen molar-refractivity contribution < 1.29 is 9.13 Å². The van der Waals surface area contributed by atoms with Gasteiger partial charge in [0.1, 0.15) is 0 Å². The van der Waals surface area contributed by atoms with Crippen LogP contribution in [0.25, 0.3) is 11.3 Å². The minimum Gasteiger partial charge on any atom is -0.491 e. The second-order valence-electron chi connectivity index (χ2n) is 3.37. The Hall–Kier alpha value is -1.75. The quantitative estimate of drug-likeness (QED) is 0.849. The summed E-state index contributed by atoms with van der Waals surface area (Å²) in [6.07, 6.45) is 1.59. The summed E-state index contributed by atoms with van der Waals surface area (Å²) < 4.78 is 19.1. The molecular formula is C12H11FN2OS. The lowest BCUT2D eigenvalue weighted by molar-refractivity contribution is 0.321. The van der Waals surface area contributed by atoms with Gasteiger partial charge in [-0.3, -0.25) is 0 Å². The molecule has 1 N–H and O–H groups in total. The van der Waals surface area contributed by atoms with Gasteiger partial charge in [0, 0.05) is 17.5 Å². The standard InChI is InChI=1S/C12H11FN2OS/c1-2-16-11-4-3-8(7-9(11)13)10-5-6-14-12(17)15-10/h3-7H,2H2,1H3,(H,14,15,17). The molecule has 0 aliphatic rings. The van der Waals surface area contributed by atoms with Crippen molar-refractivity contribution in [3.05, 3.63) is 41.1 Å². The van der Waals surface area contributed by atoms with Crippen LogP contribution in [-0.4, -0.2) is 16.6 Å². The summed E-state index contributed by atoms with van der Waals surface area (Å²) in [7, 11) is 0. The smallest absolute Gasteiger partial charge is 0.197 e. The number of nitrogens with zero attached hydrogens (tertiary/aromatic N) is 1. The van der Waals surface area contributed by atoms with Crippen molar-refractivity contribution in [1.82, 2.24) is 9.97 Å². The topological polar surface area (TPSA) is 37.9 Å². The first kappa shape index (κ1) is 11.7. The molecule has 0 saturated carbocycles. The van der Waals surface area contributed by atoms with Crippen LogP contribution < -0.4 is 4.74 Å². The van der Waals surface area contributed by atoms with E-state index in [1.54, 1.807) is 24.4 Å². The largest absolute Gasteiger partial charge is 0.491 e. The molecule has 2 rings (SSSR count). The van der Waals surface area contributed by atoms with Crippen molar-refractivity contribution in [2.45, 2.75) is 6.92 Å². The van der Waals surface area contributed by atoms with E-state index in [9.17, 15) is 4.39 Å². The van der Waals surface area contributed by atoms with Crippen molar-refractivity contribution in [2.24, 2.45) is 0 Å². The van der Waals surface area contributed by atoms with Crippen LogP contribution in [0.4, 0.5) is 4.39 Å². The number of aromatic amines is 1. The fourth-order valence-corrected chi connectivity index (χ4v) is 1.65. The molecule has 0 bridgehead atoms. The number of halogens is 1. The van der Waals surface area contributed by atoms with Crippen LogP contribution in [0.5, 0.6) is 5.75 Å². The highest BCUT2D eigenvalue weighted by molar-refractivity contribution is 7.71. The lowest BCUT2D eigenvalue weighted by Gasteiger charge is -2.06. The molecule has 88 valence electrons. The first-order valence-electron chi connectivity index (χ1n) is 5.18. The molecule has 0 amide bonds. The van der Waals surface area contributed by atoms with E-state index in [4.69, 9.17) is 17.0 Å². The predicted molar refractivity (Wildman–Crippen MR) is 66.0 cm³/mol. The number of ether oxygens (including phenoxy) is 1. The summed E-state index contributed by atoms with van der Waals surface area (Å²) in [5.41, 5.74) is 1.44. The van der Waals surface area contributed by atoms with E-state index in [2.05, 4.69) is 9.97 Å². The average molecular weight is 250 g/mol. The Morgan fingerprint density at radius 2 is 2.24 bits per heavy atom. The lowest BCUT2D eigenvalue weighted by Crippen LogP contribution is -1.95. The van der Waals surface area contributed by atoms with Gasteiger partial charge in [-0.05, 0) is 43.4 Å². The van der Waals surface area contributed by atoms with E-state index in [1.165, 1.54) is 6.07 Å². The van der Waals surface area contributed by atoms with Gasteiger partial charge in [-0.2, -0.15) is 0 Å². The summed E-state index contributed by atoms with van der Waals surface area (Å²) in [5, 5.41) is 0. The molecule has 0 saturated heterocycles. The number of aromatic nitrogens is 2. The minimum atomic E-state index is -0.388. The molecule has 0 unspecified atom stereocenters. The van der Waals surface area contributed by atoms with Crippen LogP contribution in [0.15, 0.2) is 30.5 Å². The van der Waals surface area contributed by atoms with Crippen LogP contribution in [0.3, 0.4) is 0 Å². The maximum atomic E-state index is 13.6. The summed E-state index contributed by atoms with van der Waals surface area (Å²) in [5.74, 6) is -0.135. The zero-order valence-corrected chi connectivity index (χ0v) is 10.1. The van der Waals surface area contributed by atoms with Gasteiger partial charge in [0.2, 0.25) is 0 Å². The number of rotatable bonds is 3. The Morgan fingerprint density at radius 1 is 1.41 bits per heavy atom. The molecule has 1 aromatic carbocycles. The van der Waals surface area contributed by atoms with Crippen LogP contribution >= 0.6 is 12.2 Å². The molecule has 5 heteroatoms. The Bertz CT molecular complexity index is 583. The van der Waals surface area contributed by atoms with Crippen molar-refractivity contribution in [2.75, 3.05) is 6.61 Å². The first-order valence-corrected chi connectivity index (χ1v) is 5.59. The van der Waals surface area contributed by atoms with Gasteiger partial charge < -0.3 is 9.72 Å². The monoisotopic (exact) mass is 250 g/mol. The second-order valence-corrected chi connectivity index (χ2v) is 3.75. The highest BCUT2D eigenvalue weighted by Crippen LogP contribution is 2.24. The van der Waals surface area contributed by atoms with Gasteiger partial charge in [0.05, 0.1) is 6.61 Å². The van der Waals surface area contributed by atoms with Gasteiger partial charge in [0.25, 0.3) is 0 Å². The normalized spacial score (nSPS) is 10.2. The maximum absolute atomic E-state index is 13.6. The molecule has 0 atom stereocenters. The van der Waals surface area contributed by atoms with Crippen LogP contribution in [0.1, 0.15) is 6.92 Å². The third-order valence-electron chi connectivity index (χ3n) is 2.22. The highest BCUT2D eigenvalue weighted by Gasteiger charge is 2.05. The summed E-state index contributed by atoms with van der Waals surface area (Å²) in [4.78, 5) is 6.77. The zero-order valence-electron chi connectivity index (χ0n) is 9.24. The van der Waals surface area contributed by atoms with Crippen LogP contribution in [0.2, 0.25) is 0 Å². The molecule has 2 aromatic rings. The number of hydrogen-bond donors (Lipinski definition) is 1. The predicted octanol–water partition coefficient (Wildman–Crippen LogP) is 3.34. The number of benzene rings is 1. The van der Waals surface area contributed by atoms with E-state index in [1.807, 2.05) is 6.92 Å². The first-order chi connectivity index (χ1) is 8.20. The van der Waals surface area contributed by atoms with Crippen molar-refractivity contribution in [1.29, 1.82) is 0 Å².